The Balaban J connectivity index is 2.97. The maximum atomic E-state index is 12.4. The molecule has 1 aromatic rings. The van der Waals surface area contributed by atoms with Crippen LogP contribution in [0.3, 0.4) is 0 Å². The van der Waals surface area contributed by atoms with Crippen molar-refractivity contribution in [3.05, 3.63) is 23.8 Å². The first kappa shape index (κ1) is 36.5. The Labute approximate surface area is 248 Å². The second kappa shape index (κ2) is 17.4. The predicted octanol–water partition coefficient (Wildman–Crippen LogP) is 5.68. The Morgan fingerprint density at radius 2 is 1.31 bits per heavy atom. The highest BCUT2D eigenvalue weighted by atomic mass is 16.7. The average Bonchev–Trinajstić information content (AvgIpc) is 2.88. The molecule has 1 aromatic carbocycles. The van der Waals surface area contributed by atoms with Crippen molar-refractivity contribution >= 4 is 24.4 Å². The number of benzene rings is 1. The molecule has 0 heterocycles. The molecule has 12 nitrogen and oxygen atoms in total. The SMILES string of the molecule is COC(=O)[C@H](Cc1ccc(OC(=O)OCC(C)(C)C)c(OC(=O)OCC(C)(C)C)c1)NCCOC(=O)OCCC(C)C. The summed E-state index contributed by atoms with van der Waals surface area (Å²) in [6, 6.07) is 3.63. The number of carbonyl (C=O) groups is 4. The van der Waals surface area contributed by atoms with Crippen molar-refractivity contribution in [1.29, 1.82) is 0 Å². The van der Waals surface area contributed by atoms with Gasteiger partial charge in [-0.3, -0.25) is 4.79 Å². The molecule has 0 aliphatic carbocycles. The molecule has 0 spiro atoms. The summed E-state index contributed by atoms with van der Waals surface area (Å²) in [5, 5.41) is 2.98. The summed E-state index contributed by atoms with van der Waals surface area (Å²) < 4.78 is 35.9. The molecule has 238 valence electrons. The fraction of sp³-hybridized carbons (Fsp3) is 0.667. The van der Waals surface area contributed by atoms with Gasteiger partial charge < -0.3 is 38.5 Å². The molecule has 0 bridgehead atoms. The summed E-state index contributed by atoms with van der Waals surface area (Å²) >= 11 is 0. The van der Waals surface area contributed by atoms with Crippen molar-refractivity contribution < 1.29 is 52.3 Å². The summed E-state index contributed by atoms with van der Waals surface area (Å²) in [5.41, 5.74) is -0.0419. The van der Waals surface area contributed by atoms with Gasteiger partial charge >= 0.3 is 24.4 Å². The van der Waals surface area contributed by atoms with E-state index >= 15 is 0 Å². The van der Waals surface area contributed by atoms with E-state index in [4.69, 9.17) is 33.2 Å². The Hall–Kier alpha value is -3.54. The Morgan fingerprint density at radius 1 is 0.762 bits per heavy atom. The molecule has 0 amide bonds. The van der Waals surface area contributed by atoms with Crippen LogP contribution >= 0.6 is 0 Å². The standard InChI is InChI=1S/C30H47NO11/c1-20(2)12-14-37-26(33)38-15-13-31-22(25(32)36-9)16-21-10-11-23(41-27(34)39-18-29(3,4)5)24(17-21)42-28(35)40-19-30(6,7)8/h10-11,17,20,22,31H,12-16,18-19H2,1-9H3/t22-/m0/s1. The quantitative estimate of drug-likeness (QED) is 0.122. The minimum absolute atomic E-state index is 0.0363. The van der Waals surface area contributed by atoms with E-state index in [1.54, 1.807) is 6.07 Å². The molecular formula is C30H47NO11. The lowest BCUT2D eigenvalue weighted by Crippen LogP contribution is -2.41. The van der Waals surface area contributed by atoms with Crippen LogP contribution < -0.4 is 14.8 Å². The van der Waals surface area contributed by atoms with Crippen molar-refractivity contribution in [2.24, 2.45) is 16.7 Å². The summed E-state index contributed by atoms with van der Waals surface area (Å²) in [7, 11) is 1.25. The number of nitrogens with one attached hydrogen (secondary N) is 1. The van der Waals surface area contributed by atoms with E-state index in [2.05, 4.69) is 5.32 Å². The van der Waals surface area contributed by atoms with Gasteiger partial charge in [-0.1, -0.05) is 61.5 Å². The van der Waals surface area contributed by atoms with Crippen molar-refractivity contribution in [2.75, 3.05) is 40.1 Å². The molecule has 0 radical (unpaired) electrons. The van der Waals surface area contributed by atoms with Gasteiger partial charge in [-0.2, -0.15) is 0 Å². The smallest absolute Gasteiger partial charge is 0.468 e. The Bertz CT molecular complexity index is 1030. The molecule has 0 aliphatic heterocycles. The third-order valence-electron chi connectivity index (χ3n) is 5.19. The van der Waals surface area contributed by atoms with Gasteiger partial charge in [0.05, 0.1) is 26.9 Å². The van der Waals surface area contributed by atoms with Crippen LogP contribution in [0.2, 0.25) is 0 Å². The van der Waals surface area contributed by atoms with Crippen LogP contribution in [-0.2, 0) is 34.9 Å². The average molecular weight is 598 g/mol. The molecule has 1 N–H and O–H groups in total. The predicted molar refractivity (Wildman–Crippen MR) is 154 cm³/mol. The zero-order valence-corrected chi connectivity index (χ0v) is 26.3. The normalized spacial score (nSPS) is 12.2. The first-order chi connectivity index (χ1) is 19.5. The number of carbonyl (C=O) groups excluding carboxylic acids is 4. The third kappa shape index (κ3) is 16.7. The fourth-order valence-electron chi connectivity index (χ4n) is 3.04. The molecule has 42 heavy (non-hydrogen) atoms. The second-order valence-electron chi connectivity index (χ2n) is 12.5. The van der Waals surface area contributed by atoms with Crippen LogP contribution in [-0.4, -0.2) is 70.6 Å². The van der Waals surface area contributed by atoms with Gasteiger partial charge in [-0.05, 0) is 47.3 Å². The molecule has 12 heteroatoms. The van der Waals surface area contributed by atoms with Gasteiger partial charge in [0, 0.05) is 6.54 Å². The van der Waals surface area contributed by atoms with E-state index in [-0.39, 0.29) is 61.7 Å². The van der Waals surface area contributed by atoms with Crippen molar-refractivity contribution in [2.45, 2.75) is 74.3 Å². The van der Waals surface area contributed by atoms with Crippen LogP contribution in [0, 0.1) is 16.7 Å². The lowest BCUT2D eigenvalue weighted by atomic mass is 9.99. The highest BCUT2D eigenvalue weighted by Crippen LogP contribution is 2.30. The molecular weight excluding hydrogens is 550 g/mol. The van der Waals surface area contributed by atoms with Crippen LogP contribution in [0.15, 0.2) is 18.2 Å². The first-order valence-corrected chi connectivity index (χ1v) is 13.9. The van der Waals surface area contributed by atoms with Crippen molar-refractivity contribution in [3.8, 4) is 11.5 Å². The van der Waals surface area contributed by atoms with Gasteiger partial charge in [0.15, 0.2) is 11.5 Å². The summed E-state index contributed by atoms with van der Waals surface area (Å²) in [6.07, 6.45) is -1.92. The summed E-state index contributed by atoms with van der Waals surface area (Å²) in [4.78, 5) is 48.9. The molecule has 0 unspecified atom stereocenters. The minimum atomic E-state index is -0.991. The van der Waals surface area contributed by atoms with E-state index in [9.17, 15) is 19.2 Å². The van der Waals surface area contributed by atoms with E-state index in [0.717, 1.165) is 6.42 Å². The summed E-state index contributed by atoms with van der Waals surface area (Å²) in [5.74, 6) is -0.344. The second-order valence-corrected chi connectivity index (χ2v) is 12.5. The van der Waals surface area contributed by atoms with Crippen molar-refractivity contribution in [1.82, 2.24) is 5.32 Å². The lowest BCUT2D eigenvalue weighted by Gasteiger charge is -2.20. The van der Waals surface area contributed by atoms with Crippen LogP contribution in [0.4, 0.5) is 14.4 Å². The molecule has 0 aromatic heterocycles. The largest absolute Gasteiger partial charge is 0.513 e. The summed E-state index contributed by atoms with van der Waals surface area (Å²) in [6.45, 7) is 16.0. The van der Waals surface area contributed by atoms with Gasteiger partial charge in [0.1, 0.15) is 12.6 Å². The molecule has 1 rings (SSSR count). The van der Waals surface area contributed by atoms with Gasteiger partial charge in [0.2, 0.25) is 0 Å². The third-order valence-corrected chi connectivity index (χ3v) is 5.19. The number of rotatable bonds is 14. The highest BCUT2D eigenvalue weighted by molar-refractivity contribution is 5.76. The van der Waals surface area contributed by atoms with Gasteiger partial charge in [-0.25, -0.2) is 14.4 Å². The van der Waals surface area contributed by atoms with E-state index in [1.165, 1.54) is 19.2 Å². The number of hydrogen-bond donors (Lipinski definition) is 1. The highest BCUT2D eigenvalue weighted by Gasteiger charge is 2.23. The number of methoxy groups -OCH3 is 1. The molecule has 0 saturated carbocycles. The maximum Gasteiger partial charge on any atom is 0.513 e. The van der Waals surface area contributed by atoms with E-state index in [1.807, 2.05) is 55.4 Å². The Kier molecular flexibility index (Phi) is 15.1. The minimum Gasteiger partial charge on any atom is -0.468 e. The monoisotopic (exact) mass is 597 g/mol. The van der Waals surface area contributed by atoms with E-state index < -0.39 is 30.5 Å². The zero-order valence-electron chi connectivity index (χ0n) is 26.3. The fourth-order valence-corrected chi connectivity index (χ4v) is 3.04. The zero-order chi connectivity index (χ0) is 31.9. The Morgan fingerprint density at radius 3 is 1.83 bits per heavy atom. The van der Waals surface area contributed by atoms with Crippen LogP contribution in [0.5, 0.6) is 11.5 Å². The molecule has 1 atom stereocenters. The maximum absolute atomic E-state index is 12.4. The topological polar surface area (TPSA) is 145 Å². The molecule has 0 fully saturated rings. The van der Waals surface area contributed by atoms with Crippen LogP contribution in [0.1, 0.15) is 67.4 Å². The van der Waals surface area contributed by atoms with Gasteiger partial charge in [-0.15, -0.1) is 0 Å². The van der Waals surface area contributed by atoms with Crippen molar-refractivity contribution in [3.63, 3.8) is 0 Å². The van der Waals surface area contributed by atoms with Crippen LogP contribution in [0.25, 0.3) is 0 Å². The molecule has 0 saturated heterocycles. The first-order valence-electron chi connectivity index (χ1n) is 13.9. The number of ether oxygens (including phenoxy) is 7. The number of esters is 1. The lowest BCUT2D eigenvalue weighted by molar-refractivity contribution is -0.143. The molecule has 0 aliphatic rings. The van der Waals surface area contributed by atoms with Gasteiger partial charge in [0.25, 0.3) is 0 Å². The van der Waals surface area contributed by atoms with E-state index in [0.29, 0.717) is 11.5 Å². The number of hydrogen-bond acceptors (Lipinski definition) is 12.